The first-order chi connectivity index (χ1) is 10.4. The van der Waals surface area contributed by atoms with Gasteiger partial charge in [0.05, 0.1) is 5.57 Å². The van der Waals surface area contributed by atoms with Gasteiger partial charge in [-0.25, -0.2) is 14.4 Å². The summed E-state index contributed by atoms with van der Waals surface area (Å²) < 4.78 is 0. The van der Waals surface area contributed by atoms with Crippen molar-refractivity contribution in [3.63, 3.8) is 0 Å². The van der Waals surface area contributed by atoms with Gasteiger partial charge < -0.3 is 20.4 Å². The number of carboxylic acids is 3. The molecular formula is C16H24O7. The van der Waals surface area contributed by atoms with Crippen LogP contribution < -0.4 is 0 Å². The van der Waals surface area contributed by atoms with Crippen LogP contribution in [-0.2, 0) is 14.4 Å². The molecule has 7 nitrogen and oxygen atoms in total. The molecule has 0 aromatic rings. The fourth-order valence-electron chi connectivity index (χ4n) is 1.21. The van der Waals surface area contributed by atoms with E-state index in [2.05, 4.69) is 6.58 Å². The normalized spacial score (nSPS) is 11.6. The third-order valence-corrected chi connectivity index (χ3v) is 2.18. The predicted molar refractivity (Wildman–Crippen MR) is 85.0 cm³/mol. The zero-order chi connectivity index (χ0) is 18.6. The Morgan fingerprint density at radius 1 is 1.00 bits per heavy atom. The molecular weight excluding hydrogens is 304 g/mol. The SMILES string of the molecule is C=C(CCCO)C(=O)O.CC(C)(C)C=C(C=CC(=O)O)C(=O)O. The zero-order valence-electron chi connectivity index (χ0n) is 13.6. The fraction of sp³-hybridized carbons (Fsp3) is 0.438. The molecule has 0 fully saturated rings. The Bertz CT molecular complexity index is 493. The topological polar surface area (TPSA) is 132 Å². The highest BCUT2D eigenvalue weighted by Crippen LogP contribution is 2.18. The average molecular weight is 328 g/mol. The van der Waals surface area contributed by atoms with E-state index in [-0.39, 0.29) is 23.2 Å². The summed E-state index contributed by atoms with van der Waals surface area (Å²) >= 11 is 0. The third-order valence-electron chi connectivity index (χ3n) is 2.18. The molecule has 0 amide bonds. The quantitative estimate of drug-likeness (QED) is 0.415. The van der Waals surface area contributed by atoms with Crippen LogP contribution in [0.25, 0.3) is 0 Å². The van der Waals surface area contributed by atoms with Crippen LogP contribution >= 0.6 is 0 Å². The van der Waals surface area contributed by atoms with Crippen molar-refractivity contribution in [1.82, 2.24) is 0 Å². The molecule has 0 aliphatic heterocycles. The van der Waals surface area contributed by atoms with Crippen LogP contribution in [0.3, 0.4) is 0 Å². The van der Waals surface area contributed by atoms with E-state index in [0.29, 0.717) is 12.8 Å². The molecule has 0 saturated carbocycles. The van der Waals surface area contributed by atoms with Gasteiger partial charge >= 0.3 is 17.9 Å². The van der Waals surface area contributed by atoms with Gasteiger partial charge in [0.15, 0.2) is 0 Å². The Kier molecular flexibility index (Phi) is 11.1. The molecule has 4 N–H and O–H groups in total. The second-order valence-corrected chi connectivity index (χ2v) is 5.68. The summed E-state index contributed by atoms with van der Waals surface area (Å²) in [5, 5.41) is 33.6. The maximum Gasteiger partial charge on any atom is 0.335 e. The van der Waals surface area contributed by atoms with Crippen molar-refractivity contribution in [3.8, 4) is 0 Å². The van der Waals surface area contributed by atoms with Crippen molar-refractivity contribution < 1.29 is 34.8 Å². The molecule has 0 heterocycles. The molecule has 23 heavy (non-hydrogen) atoms. The van der Waals surface area contributed by atoms with Gasteiger partial charge in [0.1, 0.15) is 0 Å². The number of aliphatic hydroxyl groups is 1. The maximum absolute atomic E-state index is 10.7. The first-order valence-electron chi connectivity index (χ1n) is 6.79. The third kappa shape index (κ3) is 15.8. The number of allylic oxidation sites excluding steroid dienone is 1. The molecule has 0 spiro atoms. The lowest BCUT2D eigenvalue weighted by Gasteiger charge is -2.12. The van der Waals surface area contributed by atoms with E-state index in [4.69, 9.17) is 20.4 Å². The van der Waals surface area contributed by atoms with Crippen LogP contribution in [0.4, 0.5) is 0 Å². The number of carboxylic acid groups (broad SMARTS) is 3. The van der Waals surface area contributed by atoms with Gasteiger partial charge in [0, 0.05) is 18.3 Å². The number of aliphatic hydroxyl groups excluding tert-OH is 1. The second-order valence-electron chi connectivity index (χ2n) is 5.68. The van der Waals surface area contributed by atoms with E-state index in [1.54, 1.807) is 0 Å². The van der Waals surface area contributed by atoms with Gasteiger partial charge in [-0.15, -0.1) is 0 Å². The van der Waals surface area contributed by atoms with Crippen molar-refractivity contribution in [2.45, 2.75) is 33.6 Å². The van der Waals surface area contributed by atoms with Crippen LogP contribution in [-0.4, -0.2) is 44.9 Å². The Balaban J connectivity index is 0. The second kappa shape index (κ2) is 11.2. The summed E-state index contributed by atoms with van der Waals surface area (Å²) in [6, 6.07) is 0. The Labute approximate surface area is 135 Å². The van der Waals surface area contributed by atoms with Crippen molar-refractivity contribution in [2.24, 2.45) is 5.41 Å². The highest BCUT2D eigenvalue weighted by atomic mass is 16.4. The number of hydrogen-bond donors (Lipinski definition) is 4. The van der Waals surface area contributed by atoms with E-state index < -0.39 is 17.9 Å². The highest BCUT2D eigenvalue weighted by Gasteiger charge is 2.11. The first-order valence-corrected chi connectivity index (χ1v) is 6.79. The lowest BCUT2D eigenvalue weighted by molar-refractivity contribution is -0.133. The highest BCUT2D eigenvalue weighted by molar-refractivity contribution is 5.92. The van der Waals surface area contributed by atoms with Crippen molar-refractivity contribution in [2.75, 3.05) is 6.61 Å². The number of rotatable bonds is 7. The fourth-order valence-corrected chi connectivity index (χ4v) is 1.21. The molecule has 0 radical (unpaired) electrons. The van der Waals surface area contributed by atoms with Crippen LogP contribution in [0.15, 0.2) is 36.0 Å². The van der Waals surface area contributed by atoms with Gasteiger partial charge in [0.2, 0.25) is 0 Å². The largest absolute Gasteiger partial charge is 0.478 e. The van der Waals surface area contributed by atoms with Crippen LogP contribution in [0, 0.1) is 5.41 Å². The molecule has 130 valence electrons. The maximum atomic E-state index is 10.7. The summed E-state index contributed by atoms with van der Waals surface area (Å²) in [6.07, 6.45) is 4.24. The molecule has 7 heteroatoms. The number of aliphatic carboxylic acids is 3. The lowest BCUT2D eigenvalue weighted by Crippen LogP contribution is -2.06. The number of carbonyl (C=O) groups is 3. The first kappa shape index (κ1) is 22.9. The molecule has 0 aromatic carbocycles. The van der Waals surface area contributed by atoms with Crippen LogP contribution in [0.2, 0.25) is 0 Å². The van der Waals surface area contributed by atoms with Gasteiger partial charge in [-0.3, -0.25) is 0 Å². The van der Waals surface area contributed by atoms with Crippen LogP contribution in [0.5, 0.6) is 0 Å². The standard InChI is InChI=1S/C10H14O4.C6H10O3/c1-10(2,3)6-7(9(13)14)4-5-8(11)12;1-5(6(8)9)3-2-4-7/h4-6H,1-3H3,(H,11,12)(H,13,14);7H,1-4H2,(H,8,9). The van der Waals surface area contributed by atoms with E-state index in [0.717, 1.165) is 12.2 Å². The van der Waals surface area contributed by atoms with Gasteiger partial charge in [0.25, 0.3) is 0 Å². The average Bonchev–Trinajstić information content (AvgIpc) is 2.39. The molecule has 0 saturated heterocycles. The molecule has 0 aliphatic carbocycles. The summed E-state index contributed by atoms with van der Waals surface area (Å²) in [4.78, 5) is 30.9. The molecule has 0 aliphatic rings. The molecule has 0 unspecified atom stereocenters. The summed E-state index contributed by atoms with van der Waals surface area (Å²) in [5.41, 5.74) is -0.153. The number of hydrogen-bond acceptors (Lipinski definition) is 4. The Hall–Kier alpha value is -2.41. The van der Waals surface area contributed by atoms with Gasteiger partial charge in [-0.05, 0) is 24.3 Å². The van der Waals surface area contributed by atoms with Crippen LogP contribution in [0.1, 0.15) is 33.6 Å². The van der Waals surface area contributed by atoms with Gasteiger partial charge in [-0.1, -0.05) is 33.4 Å². The van der Waals surface area contributed by atoms with Crippen molar-refractivity contribution >= 4 is 17.9 Å². The van der Waals surface area contributed by atoms with E-state index in [1.807, 2.05) is 20.8 Å². The minimum Gasteiger partial charge on any atom is -0.478 e. The monoisotopic (exact) mass is 328 g/mol. The van der Waals surface area contributed by atoms with E-state index in [9.17, 15) is 14.4 Å². The Morgan fingerprint density at radius 3 is 1.83 bits per heavy atom. The minimum atomic E-state index is -1.16. The van der Waals surface area contributed by atoms with E-state index in [1.165, 1.54) is 6.08 Å². The summed E-state index contributed by atoms with van der Waals surface area (Å²) in [6.45, 7) is 8.81. The summed E-state index contributed by atoms with van der Waals surface area (Å²) in [5.74, 6) is -3.27. The minimum absolute atomic E-state index is 0.0140. The summed E-state index contributed by atoms with van der Waals surface area (Å²) in [7, 11) is 0. The predicted octanol–water partition coefficient (Wildman–Crippen LogP) is 2.08. The Morgan fingerprint density at radius 2 is 1.52 bits per heavy atom. The van der Waals surface area contributed by atoms with Crippen molar-refractivity contribution in [1.29, 1.82) is 0 Å². The van der Waals surface area contributed by atoms with Gasteiger partial charge in [-0.2, -0.15) is 0 Å². The zero-order valence-corrected chi connectivity index (χ0v) is 13.6. The smallest absolute Gasteiger partial charge is 0.335 e. The van der Waals surface area contributed by atoms with Crippen molar-refractivity contribution in [3.05, 3.63) is 36.0 Å². The molecule has 0 bridgehead atoms. The molecule has 0 aromatic heterocycles. The molecule has 0 atom stereocenters. The van der Waals surface area contributed by atoms with E-state index >= 15 is 0 Å². The molecule has 0 rings (SSSR count). The lowest BCUT2D eigenvalue weighted by atomic mass is 9.93.